The summed E-state index contributed by atoms with van der Waals surface area (Å²) in [6.45, 7) is 3.69. The first-order valence-electron chi connectivity index (χ1n) is 4.06. The lowest BCUT2D eigenvalue weighted by atomic mass is 10.2. The first-order valence-corrected chi connectivity index (χ1v) is 4.06. The highest BCUT2D eigenvalue weighted by molar-refractivity contribution is 5.81. The highest BCUT2D eigenvalue weighted by Gasteiger charge is 2.05. The van der Waals surface area contributed by atoms with Crippen molar-refractivity contribution >= 4 is 11.7 Å². The lowest BCUT2D eigenvalue weighted by Gasteiger charge is -2.06. The van der Waals surface area contributed by atoms with E-state index in [0.29, 0.717) is 19.4 Å². The van der Waals surface area contributed by atoms with Gasteiger partial charge in [-0.2, -0.15) is 0 Å². The number of carbonyl (C=O) groups excluding carboxylic acids is 2. The maximum absolute atomic E-state index is 10.9. The van der Waals surface area contributed by atoms with Gasteiger partial charge in [0.05, 0.1) is 6.04 Å². The number of rotatable bonds is 5. The van der Waals surface area contributed by atoms with Gasteiger partial charge in [-0.1, -0.05) is 0 Å². The van der Waals surface area contributed by atoms with Crippen molar-refractivity contribution in [2.75, 3.05) is 6.54 Å². The molecule has 0 aliphatic heterocycles. The minimum atomic E-state index is -0.470. The van der Waals surface area contributed by atoms with Crippen molar-refractivity contribution in [3.05, 3.63) is 0 Å². The van der Waals surface area contributed by atoms with Gasteiger partial charge in [0.1, 0.15) is 5.78 Å². The van der Waals surface area contributed by atoms with Gasteiger partial charge in [0.2, 0.25) is 5.91 Å². The van der Waals surface area contributed by atoms with Crippen molar-refractivity contribution in [1.82, 2.24) is 5.32 Å². The van der Waals surface area contributed by atoms with Gasteiger partial charge in [-0.15, -0.1) is 0 Å². The van der Waals surface area contributed by atoms with Crippen LogP contribution in [0.15, 0.2) is 0 Å². The van der Waals surface area contributed by atoms with E-state index in [-0.39, 0.29) is 11.7 Å². The molecular formula is C8H16N2O2. The quantitative estimate of drug-likeness (QED) is 0.565. The van der Waals surface area contributed by atoms with Crippen LogP contribution in [-0.4, -0.2) is 24.3 Å². The predicted molar refractivity (Wildman–Crippen MR) is 46.6 cm³/mol. The third-order valence-corrected chi connectivity index (χ3v) is 1.42. The van der Waals surface area contributed by atoms with E-state index in [0.717, 1.165) is 0 Å². The second kappa shape index (κ2) is 5.71. The summed E-state index contributed by atoms with van der Waals surface area (Å²) < 4.78 is 0. The van der Waals surface area contributed by atoms with Gasteiger partial charge in [-0.25, -0.2) is 0 Å². The summed E-state index contributed by atoms with van der Waals surface area (Å²) in [7, 11) is 0. The maximum atomic E-state index is 10.9. The summed E-state index contributed by atoms with van der Waals surface area (Å²) in [5, 5.41) is 2.62. The lowest BCUT2D eigenvalue weighted by molar-refractivity contribution is -0.122. The Bertz CT molecular complexity index is 166. The molecule has 3 N–H and O–H groups in total. The monoisotopic (exact) mass is 172 g/mol. The molecule has 0 rings (SSSR count). The van der Waals surface area contributed by atoms with Gasteiger partial charge >= 0.3 is 0 Å². The number of Topliss-reactive ketones (excluding diaryl/α,β-unsaturated/α-hetero) is 1. The standard InChI is InChI=1S/C8H16N2O2/c1-6(11)4-3-5-10-8(12)7(2)9/h7H,3-5,9H2,1-2H3,(H,10,12). The van der Waals surface area contributed by atoms with Crippen LogP contribution in [0.25, 0.3) is 0 Å². The Morgan fingerprint density at radius 2 is 2.08 bits per heavy atom. The minimum absolute atomic E-state index is 0.144. The number of nitrogens with two attached hydrogens (primary N) is 1. The van der Waals surface area contributed by atoms with Crippen LogP contribution >= 0.6 is 0 Å². The van der Waals surface area contributed by atoms with E-state index in [9.17, 15) is 9.59 Å². The van der Waals surface area contributed by atoms with E-state index < -0.39 is 6.04 Å². The second-order valence-corrected chi connectivity index (χ2v) is 2.89. The van der Waals surface area contributed by atoms with E-state index in [1.54, 1.807) is 6.92 Å². The molecule has 0 aliphatic rings. The van der Waals surface area contributed by atoms with Crippen LogP contribution in [0.4, 0.5) is 0 Å². The van der Waals surface area contributed by atoms with Gasteiger partial charge in [-0.3, -0.25) is 4.79 Å². The number of carbonyl (C=O) groups is 2. The third-order valence-electron chi connectivity index (χ3n) is 1.42. The summed E-state index contributed by atoms with van der Waals surface area (Å²) in [6.07, 6.45) is 1.20. The number of ketones is 1. The third kappa shape index (κ3) is 5.85. The zero-order valence-electron chi connectivity index (χ0n) is 7.59. The fourth-order valence-corrected chi connectivity index (χ4v) is 0.710. The molecule has 0 bridgehead atoms. The molecule has 0 heterocycles. The van der Waals surface area contributed by atoms with Gasteiger partial charge in [0.15, 0.2) is 0 Å². The number of amides is 1. The van der Waals surface area contributed by atoms with Crippen LogP contribution in [-0.2, 0) is 9.59 Å². The largest absolute Gasteiger partial charge is 0.355 e. The summed E-state index contributed by atoms with van der Waals surface area (Å²) in [4.78, 5) is 21.4. The molecule has 1 atom stereocenters. The highest BCUT2D eigenvalue weighted by Crippen LogP contribution is 1.87. The van der Waals surface area contributed by atoms with Crippen LogP contribution < -0.4 is 11.1 Å². The predicted octanol–water partition coefficient (Wildman–Crippen LogP) is -0.181. The topological polar surface area (TPSA) is 72.2 Å². The SMILES string of the molecule is CC(=O)CCCNC(=O)C(C)N. The fraction of sp³-hybridized carbons (Fsp3) is 0.750. The summed E-state index contributed by atoms with van der Waals surface area (Å²) >= 11 is 0. The smallest absolute Gasteiger partial charge is 0.236 e. The van der Waals surface area contributed by atoms with Crippen LogP contribution in [0.5, 0.6) is 0 Å². The summed E-state index contributed by atoms with van der Waals surface area (Å²) in [6, 6.07) is -0.470. The van der Waals surface area contributed by atoms with Crippen LogP contribution in [0, 0.1) is 0 Å². The van der Waals surface area contributed by atoms with Crippen molar-refractivity contribution in [2.45, 2.75) is 32.7 Å². The Morgan fingerprint density at radius 1 is 1.50 bits per heavy atom. The first kappa shape index (κ1) is 11.1. The highest BCUT2D eigenvalue weighted by atomic mass is 16.2. The van der Waals surface area contributed by atoms with Crippen molar-refractivity contribution in [3.63, 3.8) is 0 Å². The van der Waals surface area contributed by atoms with Crippen LogP contribution in [0.3, 0.4) is 0 Å². The number of nitrogens with one attached hydrogen (secondary N) is 1. The molecule has 0 spiro atoms. The van der Waals surface area contributed by atoms with Crippen molar-refractivity contribution in [3.8, 4) is 0 Å². The molecule has 0 fully saturated rings. The van der Waals surface area contributed by atoms with Crippen molar-refractivity contribution < 1.29 is 9.59 Å². The number of hydrogen-bond acceptors (Lipinski definition) is 3. The zero-order valence-corrected chi connectivity index (χ0v) is 7.59. The molecule has 1 unspecified atom stereocenters. The Kier molecular flexibility index (Phi) is 5.28. The molecule has 0 aromatic rings. The molecule has 0 aromatic heterocycles. The fourth-order valence-electron chi connectivity index (χ4n) is 0.710. The molecule has 4 heteroatoms. The van der Waals surface area contributed by atoms with Gasteiger partial charge in [0.25, 0.3) is 0 Å². The van der Waals surface area contributed by atoms with E-state index in [2.05, 4.69) is 5.32 Å². The molecule has 4 nitrogen and oxygen atoms in total. The molecule has 0 saturated carbocycles. The molecule has 0 aromatic carbocycles. The Labute approximate surface area is 72.5 Å². The van der Waals surface area contributed by atoms with Gasteiger partial charge in [0, 0.05) is 13.0 Å². The molecule has 0 saturated heterocycles. The van der Waals surface area contributed by atoms with E-state index in [1.165, 1.54) is 6.92 Å². The maximum Gasteiger partial charge on any atom is 0.236 e. The minimum Gasteiger partial charge on any atom is -0.355 e. The Balaban J connectivity index is 3.32. The Morgan fingerprint density at radius 3 is 2.50 bits per heavy atom. The van der Waals surface area contributed by atoms with E-state index in [4.69, 9.17) is 5.73 Å². The van der Waals surface area contributed by atoms with E-state index >= 15 is 0 Å². The average molecular weight is 172 g/mol. The van der Waals surface area contributed by atoms with Crippen LogP contribution in [0.1, 0.15) is 26.7 Å². The molecule has 0 aliphatic carbocycles. The normalized spacial score (nSPS) is 12.2. The average Bonchev–Trinajstić information content (AvgIpc) is 1.97. The summed E-state index contributed by atoms with van der Waals surface area (Å²) in [5.74, 6) is -0.0244. The van der Waals surface area contributed by atoms with Crippen LogP contribution in [0.2, 0.25) is 0 Å². The van der Waals surface area contributed by atoms with Crippen molar-refractivity contribution in [1.29, 1.82) is 0 Å². The summed E-state index contributed by atoms with van der Waals surface area (Å²) in [5.41, 5.74) is 5.30. The Hall–Kier alpha value is -0.900. The first-order chi connectivity index (χ1) is 5.54. The molecular weight excluding hydrogens is 156 g/mol. The van der Waals surface area contributed by atoms with Gasteiger partial charge < -0.3 is 15.8 Å². The van der Waals surface area contributed by atoms with Gasteiger partial charge in [-0.05, 0) is 20.3 Å². The van der Waals surface area contributed by atoms with Crippen molar-refractivity contribution in [2.24, 2.45) is 5.73 Å². The van der Waals surface area contributed by atoms with E-state index in [1.807, 2.05) is 0 Å². The second-order valence-electron chi connectivity index (χ2n) is 2.89. The lowest BCUT2D eigenvalue weighted by Crippen LogP contribution is -2.38. The zero-order chi connectivity index (χ0) is 9.56. The molecule has 12 heavy (non-hydrogen) atoms. The molecule has 70 valence electrons. The molecule has 1 amide bonds. The number of hydrogen-bond donors (Lipinski definition) is 2. The molecule has 0 radical (unpaired) electrons.